The molecule has 2 saturated carbocycles. The van der Waals surface area contributed by atoms with E-state index in [9.17, 15) is 4.79 Å². The van der Waals surface area contributed by atoms with Gasteiger partial charge in [0.2, 0.25) is 5.91 Å². The summed E-state index contributed by atoms with van der Waals surface area (Å²) in [7, 11) is 0. The van der Waals surface area contributed by atoms with Crippen molar-refractivity contribution in [3.05, 3.63) is 18.5 Å². The lowest BCUT2D eigenvalue weighted by Crippen LogP contribution is -2.39. The first-order valence-corrected chi connectivity index (χ1v) is 9.10. The lowest BCUT2D eigenvalue weighted by molar-refractivity contribution is -0.131. The predicted molar refractivity (Wildman–Crippen MR) is 86.2 cm³/mol. The smallest absolute Gasteiger partial charge is 0.244 e. The summed E-state index contributed by atoms with van der Waals surface area (Å²) in [4.78, 5) is 14.7. The van der Waals surface area contributed by atoms with Crippen molar-refractivity contribution in [3.63, 3.8) is 0 Å². The Balaban J connectivity index is 1.36. The number of amides is 1. The van der Waals surface area contributed by atoms with Crippen molar-refractivity contribution >= 4 is 5.91 Å². The van der Waals surface area contributed by atoms with Crippen molar-refractivity contribution in [1.29, 1.82) is 0 Å². The number of aromatic nitrogens is 7. The molecule has 1 amide bonds. The Bertz CT molecular complexity index is 761. The van der Waals surface area contributed by atoms with Gasteiger partial charge < -0.3 is 9.47 Å². The van der Waals surface area contributed by atoms with Gasteiger partial charge in [0.05, 0.1) is 0 Å². The first-order chi connectivity index (χ1) is 12.2. The van der Waals surface area contributed by atoms with Crippen LogP contribution in [0.3, 0.4) is 0 Å². The molecule has 0 bridgehead atoms. The number of carbonyl (C=O) groups is 1. The quantitative estimate of drug-likeness (QED) is 0.784. The molecule has 2 aromatic heterocycles. The third-order valence-electron chi connectivity index (χ3n) is 6.15. The fourth-order valence-corrected chi connectivity index (χ4v) is 4.40. The molecule has 9 nitrogen and oxygen atoms in total. The summed E-state index contributed by atoms with van der Waals surface area (Å²) >= 11 is 0. The lowest BCUT2D eigenvalue weighted by Gasteiger charge is -2.42. The van der Waals surface area contributed by atoms with Gasteiger partial charge in [-0.05, 0) is 47.4 Å². The Morgan fingerprint density at radius 2 is 2.12 bits per heavy atom. The van der Waals surface area contributed by atoms with Crippen LogP contribution in [0.15, 0.2) is 12.7 Å². The fraction of sp³-hybridized carbons (Fsp3) is 0.750. The van der Waals surface area contributed by atoms with Crippen LogP contribution in [0.2, 0.25) is 0 Å². The van der Waals surface area contributed by atoms with Gasteiger partial charge in [-0.15, -0.1) is 15.3 Å². The standard InChI is InChI=1S/C16H22N8O/c25-14(8-24-11-18-20-21-24)22-7-13(16(9-22)4-1-5-16)15-19-17-10-23(15)6-12-2-3-12/h10-13H,1-9H2. The van der Waals surface area contributed by atoms with Crippen molar-refractivity contribution in [2.45, 2.75) is 51.1 Å². The summed E-state index contributed by atoms with van der Waals surface area (Å²) in [5.41, 5.74) is 0.185. The van der Waals surface area contributed by atoms with Gasteiger partial charge >= 0.3 is 0 Å². The molecule has 2 aliphatic carbocycles. The van der Waals surface area contributed by atoms with E-state index < -0.39 is 0 Å². The van der Waals surface area contributed by atoms with Crippen molar-refractivity contribution in [2.75, 3.05) is 13.1 Å². The molecule has 1 saturated heterocycles. The van der Waals surface area contributed by atoms with Crippen LogP contribution in [0.4, 0.5) is 0 Å². The molecular weight excluding hydrogens is 320 g/mol. The Labute approximate surface area is 145 Å². The zero-order chi connectivity index (χ0) is 16.9. The molecule has 3 fully saturated rings. The number of nitrogens with zero attached hydrogens (tertiary/aromatic N) is 8. The third kappa shape index (κ3) is 2.61. The monoisotopic (exact) mass is 342 g/mol. The van der Waals surface area contributed by atoms with Crippen molar-refractivity contribution in [3.8, 4) is 0 Å². The minimum Gasteiger partial charge on any atom is -0.340 e. The Hall–Kier alpha value is -2.32. The summed E-state index contributed by atoms with van der Waals surface area (Å²) < 4.78 is 3.72. The zero-order valence-corrected chi connectivity index (χ0v) is 14.2. The molecule has 1 spiro atoms. The molecule has 3 aliphatic rings. The van der Waals surface area contributed by atoms with Gasteiger partial charge in [-0.25, -0.2) is 4.68 Å². The fourth-order valence-electron chi connectivity index (χ4n) is 4.40. The van der Waals surface area contributed by atoms with Gasteiger partial charge in [-0.1, -0.05) is 6.42 Å². The molecular formula is C16H22N8O. The Kier molecular flexibility index (Phi) is 3.36. The maximum Gasteiger partial charge on any atom is 0.244 e. The molecule has 25 heavy (non-hydrogen) atoms. The molecule has 0 N–H and O–H groups in total. The number of hydrogen-bond acceptors (Lipinski definition) is 6. The van der Waals surface area contributed by atoms with Crippen LogP contribution >= 0.6 is 0 Å². The van der Waals surface area contributed by atoms with Crippen LogP contribution in [0.25, 0.3) is 0 Å². The molecule has 2 aromatic rings. The van der Waals surface area contributed by atoms with Crippen molar-refractivity contribution < 1.29 is 4.79 Å². The maximum absolute atomic E-state index is 12.7. The molecule has 0 radical (unpaired) electrons. The number of tetrazole rings is 1. The highest BCUT2D eigenvalue weighted by atomic mass is 16.2. The molecule has 132 valence electrons. The second-order valence-corrected chi connectivity index (χ2v) is 7.84. The minimum absolute atomic E-state index is 0.0781. The predicted octanol–water partition coefficient (Wildman–Crippen LogP) is 0.471. The summed E-state index contributed by atoms with van der Waals surface area (Å²) in [6, 6.07) is 0. The average Bonchev–Trinajstić information content (AvgIpc) is 2.99. The Morgan fingerprint density at radius 1 is 1.24 bits per heavy atom. The number of carbonyl (C=O) groups excluding carboxylic acids is 1. The number of hydrogen-bond donors (Lipinski definition) is 0. The second-order valence-electron chi connectivity index (χ2n) is 7.84. The highest BCUT2D eigenvalue weighted by Crippen LogP contribution is 2.55. The lowest BCUT2D eigenvalue weighted by atomic mass is 9.62. The van der Waals surface area contributed by atoms with E-state index >= 15 is 0 Å². The second kappa shape index (κ2) is 5.60. The summed E-state index contributed by atoms with van der Waals surface area (Å²) in [5, 5.41) is 19.6. The SMILES string of the molecule is O=C(Cn1cnnn1)N1CC(c2nncn2CC2CC2)C2(CCC2)C1. The largest absolute Gasteiger partial charge is 0.340 e. The van der Waals surface area contributed by atoms with Gasteiger partial charge in [-0.3, -0.25) is 4.79 Å². The highest BCUT2D eigenvalue weighted by molar-refractivity contribution is 5.76. The van der Waals surface area contributed by atoms with E-state index in [1.807, 2.05) is 11.2 Å². The average molecular weight is 342 g/mol. The molecule has 1 atom stereocenters. The van der Waals surface area contributed by atoms with Crippen LogP contribution in [-0.2, 0) is 17.9 Å². The van der Waals surface area contributed by atoms with Gasteiger partial charge in [0.1, 0.15) is 25.0 Å². The summed E-state index contributed by atoms with van der Waals surface area (Å²) in [5.74, 6) is 2.23. The van der Waals surface area contributed by atoms with E-state index in [1.54, 1.807) is 0 Å². The van der Waals surface area contributed by atoms with E-state index in [0.29, 0.717) is 5.92 Å². The van der Waals surface area contributed by atoms with E-state index in [4.69, 9.17) is 0 Å². The van der Waals surface area contributed by atoms with Crippen LogP contribution in [-0.4, -0.2) is 58.9 Å². The Morgan fingerprint density at radius 3 is 2.80 bits per heavy atom. The third-order valence-corrected chi connectivity index (χ3v) is 6.15. The molecule has 5 rings (SSSR count). The van der Waals surface area contributed by atoms with Crippen molar-refractivity contribution in [2.24, 2.45) is 11.3 Å². The van der Waals surface area contributed by atoms with E-state index in [2.05, 4.69) is 30.3 Å². The first-order valence-electron chi connectivity index (χ1n) is 9.10. The summed E-state index contributed by atoms with van der Waals surface area (Å²) in [6.45, 7) is 2.76. The van der Waals surface area contributed by atoms with E-state index in [1.165, 1.54) is 43.1 Å². The van der Waals surface area contributed by atoms with Gasteiger partial charge in [0.25, 0.3) is 0 Å². The molecule has 1 aliphatic heterocycles. The normalized spacial score (nSPS) is 24.6. The topological polar surface area (TPSA) is 94.6 Å². The molecule has 0 aromatic carbocycles. The van der Waals surface area contributed by atoms with Crippen LogP contribution in [0.5, 0.6) is 0 Å². The minimum atomic E-state index is 0.0781. The molecule has 9 heteroatoms. The van der Waals surface area contributed by atoms with Crippen LogP contribution < -0.4 is 0 Å². The van der Waals surface area contributed by atoms with Crippen LogP contribution in [0, 0.1) is 11.3 Å². The number of rotatable bonds is 5. The van der Waals surface area contributed by atoms with E-state index in [-0.39, 0.29) is 17.9 Å². The zero-order valence-electron chi connectivity index (χ0n) is 14.2. The number of likely N-dealkylation sites (tertiary alicyclic amines) is 1. The van der Waals surface area contributed by atoms with Gasteiger partial charge in [0.15, 0.2) is 0 Å². The summed E-state index contributed by atoms with van der Waals surface area (Å²) in [6.07, 6.45) is 9.55. The van der Waals surface area contributed by atoms with Crippen molar-refractivity contribution in [1.82, 2.24) is 39.9 Å². The van der Waals surface area contributed by atoms with E-state index in [0.717, 1.165) is 31.4 Å². The first kappa shape index (κ1) is 15.0. The molecule has 1 unspecified atom stereocenters. The van der Waals surface area contributed by atoms with Gasteiger partial charge in [0, 0.05) is 25.6 Å². The van der Waals surface area contributed by atoms with Gasteiger partial charge in [-0.2, -0.15) is 0 Å². The highest BCUT2D eigenvalue weighted by Gasteiger charge is 2.53. The maximum atomic E-state index is 12.7. The van der Waals surface area contributed by atoms with Crippen LogP contribution in [0.1, 0.15) is 43.8 Å². The molecule has 3 heterocycles.